The Morgan fingerprint density at radius 1 is 1.20 bits per heavy atom. The minimum absolute atomic E-state index is 0.0144. The predicted molar refractivity (Wildman–Crippen MR) is 130 cm³/mol. The van der Waals surface area contributed by atoms with Gasteiger partial charge in [-0.3, -0.25) is 9.47 Å². The van der Waals surface area contributed by atoms with Crippen LogP contribution in [0.25, 0.3) is 17.0 Å². The Morgan fingerprint density at radius 2 is 1.97 bits per heavy atom. The molecule has 0 aliphatic carbocycles. The monoisotopic (exact) mass is 485 g/mol. The molecule has 0 radical (unpaired) electrons. The Bertz CT molecular complexity index is 1160. The molecule has 5 rings (SSSR count). The second-order valence-corrected chi connectivity index (χ2v) is 9.03. The highest BCUT2D eigenvalue weighted by molar-refractivity contribution is 5.77. The fourth-order valence-corrected chi connectivity index (χ4v) is 5.02. The van der Waals surface area contributed by atoms with Crippen LogP contribution in [-0.4, -0.2) is 80.8 Å². The second kappa shape index (κ2) is 10.4. The molecule has 4 heterocycles. The number of anilines is 2. The predicted octanol–water partition coefficient (Wildman–Crippen LogP) is 2.41. The summed E-state index contributed by atoms with van der Waals surface area (Å²) in [5.74, 6) is 0.346. The number of halogens is 1. The summed E-state index contributed by atoms with van der Waals surface area (Å²) in [6, 6.07) is 4.37. The molecule has 35 heavy (non-hydrogen) atoms. The lowest BCUT2D eigenvalue weighted by atomic mass is 10.1. The van der Waals surface area contributed by atoms with Crippen molar-refractivity contribution in [2.45, 2.75) is 44.4 Å². The van der Waals surface area contributed by atoms with Crippen molar-refractivity contribution in [2.24, 2.45) is 0 Å². The van der Waals surface area contributed by atoms with E-state index in [4.69, 9.17) is 14.7 Å². The lowest BCUT2D eigenvalue weighted by molar-refractivity contribution is -0.0124. The largest absolute Gasteiger partial charge is 0.384 e. The van der Waals surface area contributed by atoms with E-state index in [9.17, 15) is 14.6 Å². The lowest BCUT2D eigenvalue weighted by Gasteiger charge is -2.36. The first-order valence-corrected chi connectivity index (χ1v) is 12.2. The third-order valence-corrected chi connectivity index (χ3v) is 6.92. The molecule has 0 bridgehead atoms. The number of benzene rings is 1. The molecule has 2 aliphatic heterocycles. The van der Waals surface area contributed by atoms with E-state index in [2.05, 4.69) is 10.3 Å². The molecule has 2 aliphatic rings. The summed E-state index contributed by atoms with van der Waals surface area (Å²) in [5.41, 5.74) is 2.10. The van der Waals surface area contributed by atoms with Gasteiger partial charge in [-0.1, -0.05) is 6.42 Å². The van der Waals surface area contributed by atoms with Gasteiger partial charge in [-0.25, -0.2) is 14.4 Å². The zero-order chi connectivity index (χ0) is 24.4. The normalized spacial score (nSPS) is 18.6. The van der Waals surface area contributed by atoms with Gasteiger partial charge >= 0.3 is 0 Å². The van der Waals surface area contributed by atoms with E-state index in [1.165, 1.54) is 12.1 Å². The number of rotatable bonds is 7. The lowest BCUT2D eigenvalue weighted by Crippen LogP contribution is -2.41. The van der Waals surface area contributed by atoms with Crippen LogP contribution < -0.4 is 10.2 Å². The smallest absolute Gasteiger partial charge is 0.237 e. The molecule has 1 atom stereocenters. The number of imidazole rings is 1. The number of nitrogens with one attached hydrogen (secondary N) is 1. The van der Waals surface area contributed by atoms with Gasteiger partial charge in [0, 0.05) is 45.5 Å². The van der Waals surface area contributed by atoms with Crippen molar-refractivity contribution in [3.8, 4) is 5.95 Å². The average molecular weight is 486 g/mol. The number of nitrogens with zero attached hydrogens (tertiary/aromatic N) is 6. The van der Waals surface area contributed by atoms with Crippen molar-refractivity contribution < 1.29 is 19.3 Å². The standard InChI is InChI=1S/C24H32FN7O3/c1-26-20-21(23(34)30-9-3-2-4-10-30)28-24(31-14-27-18-6-5-16(25)13-19(18)31)29-22(20)32(15-33)17-7-11-35-12-8-17/h5-6,13-14,17,23,26,33-34H,2-4,7-12,15H2,1H3. The molecule has 2 fully saturated rings. The van der Waals surface area contributed by atoms with Crippen LogP contribution >= 0.6 is 0 Å². The third-order valence-electron chi connectivity index (χ3n) is 6.92. The molecule has 3 N–H and O–H groups in total. The highest BCUT2D eigenvalue weighted by Crippen LogP contribution is 2.36. The number of hydrogen-bond donors (Lipinski definition) is 3. The van der Waals surface area contributed by atoms with E-state index < -0.39 is 6.23 Å². The summed E-state index contributed by atoms with van der Waals surface area (Å²) in [7, 11) is 1.76. The number of fused-ring (bicyclic) bond motifs is 1. The molecular weight excluding hydrogens is 453 g/mol. The SMILES string of the molecule is CNc1c(C(O)N2CCCCC2)nc(-n2cnc3ccc(F)cc32)nc1N(CO)C1CCOCC1. The van der Waals surface area contributed by atoms with E-state index in [0.717, 1.165) is 45.2 Å². The van der Waals surface area contributed by atoms with E-state index >= 15 is 0 Å². The van der Waals surface area contributed by atoms with Gasteiger partial charge in [-0.2, -0.15) is 4.98 Å². The van der Waals surface area contributed by atoms with Crippen LogP contribution in [0.1, 0.15) is 44.0 Å². The highest BCUT2D eigenvalue weighted by atomic mass is 19.1. The van der Waals surface area contributed by atoms with Crippen molar-refractivity contribution in [1.82, 2.24) is 24.4 Å². The first-order chi connectivity index (χ1) is 17.1. The molecule has 0 amide bonds. The van der Waals surface area contributed by atoms with Crippen LogP contribution in [0.5, 0.6) is 0 Å². The summed E-state index contributed by atoms with van der Waals surface area (Å²) in [6.45, 7) is 2.48. The summed E-state index contributed by atoms with van der Waals surface area (Å²) in [5, 5.41) is 25.0. The maximum absolute atomic E-state index is 14.1. The van der Waals surface area contributed by atoms with Crippen molar-refractivity contribution in [1.29, 1.82) is 0 Å². The van der Waals surface area contributed by atoms with E-state index in [1.807, 2.05) is 9.80 Å². The molecule has 11 heteroatoms. The van der Waals surface area contributed by atoms with Gasteiger partial charge in [-0.05, 0) is 37.8 Å². The topological polar surface area (TPSA) is 112 Å². The summed E-state index contributed by atoms with van der Waals surface area (Å²) >= 11 is 0. The first kappa shape index (κ1) is 23.9. The van der Waals surface area contributed by atoms with Crippen LogP contribution in [0.15, 0.2) is 24.5 Å². The van der Waals surface area contributed by atoms with Gasteiger partial charge < -0.3 is 25.2 Å². The molecular formula is C24H32FN7O3. The van der Waals surface area contributed by atoms with Crippen LogP contribution in [-0.2, 0) is 4.74 Å². The summed E-state index contributed by atoms with van der Waals surface area (Å²) in [6.07, 6.45) is 5.23. The Hall–Kier alpha value is -2.86. The molecule has 3 aromatic rings. The van der Waals surface area contributed by atoms with Gasteiger partial charge in [0.05, 0.1) is 11.0 Å². The van der Waals surface area contributed by atoms with Crippen molar-refractivity contribution >= 4 is 22.5 Å². The quantitative estimate of drug-likeness (QED) is 0.434. The number of ether oxygens (including phenoxy) is 1. The minimum atomic E-state index is -0.958. The fourth-order valence-electron chi connectivity index (χ4n) is 5.02. The third kappa shape index (κ3) is 4.68. The molecule has 2 aromatic heterocycles. The molecule has 10 nitrogen and oxygen atoms in total. The van der Waals surface area contributed by atoms with Gasteiger partial charge in [0.15, 0.2) is 12.0 Å². The Kier molecular flexibility index (Phi) is 7.09. The summed E-state index contributed by atoms with van der Waals surface area (Å²) < 4.78 is 21.2. The molecule has 0 saturated carbocycles. The molecule has 0 spiro atoms. The second-order valence-electron chi connectivity index (χ2n) is 9.03. The summed E-state index contributed by atoms with van der Waals surface area (Å²) in [4.78, 5) is 17.8. The van der Waals surface area contributed by atoms with E-state index in [0.29, 0.717) is 41.4 Å². The van der Waals surface area contributed by atoms with Crippen LogP contribution in [0.4, 0.5) is 15.9 Å². The maximum atomic E-state index is 14.1. The molecule has 1 aromatic carbocycles. The van der Waals surface area contributed by atoms with E-state index in [-0.39, 0.29) is 24.5 Å². The Balaban J connectivity index is 1.67. The van der Waals surface area contributed by atoms with Crippen molar-refractivity contribution in [2.75, 3.05) is 50.3 Å². The zero-order valence-electron chi connectivity index (χ0n) is 19.9. The van der Waals surface area contributed by atoms with Crippen LogP contribution in [0.2, 0.25) is 0 Å². The van der Waals surface area contributed by atoms with Crippen LogP contribution in [0.3, 0.4) is 0 Å². The van der Waals surface area contributed by atoms with Gasteiger partial charge in [0.1, 0.15) is 30.3 Å². The maximum Gasteiger partial charge on any atom is 0.237 e. The number of aliphatic hydroxyl groups is 2. The van der Waals surface area contributed by atoms with Gasteiger partial charge in [0.2, 0.25) is 5.95 Å². The van der Waals surface area contributed by atoms with Gasteiger partial charge in [0.25, 0.3) is 0 Å². The highest BCUT2D eigenvalue weighted by Gasteiger charge is 2.31. The fraction of sp³-hybridized carbons (Fsp3) is 0.542. The van der Waals surface area contributed by atoms with Crippen molar-refractivity contribution in [3.05, 3.63) is 36.0 Å². The van der Waals surface area contributed by atoms with Crippen molar-refractivity contribution in [3.63, 3.8) is 0 Å². The number of likely N-dealkylation sites (tertiary alicyclic amines) is 1. The molecule has 2 saturated heterocycles. The van der Waals surface area contributed by atoms with Crippen LogP contribution in [0, 0.1) is 5.82 Å². The van der Waals surface area contributed by atoms with Gasteiger partial charge in [-0.15, -0.1) is 0 Å². The minimum Gasteiger partial charge on any atom is -0.384 e. The number of piperidine rings is 1. The molecule has 1 unspecified atom stereocenters. The Morgan fingerprint density at radius 3 is 2.69 bits per heavy atom. The number of aromatic nitrogens is 4. The Labute approximate surface area is 203 Å². The number of hydrogen-bond acceptors (Lipinski definition) is 9. The number of aliphatic hydroxyl groups excluding tert-OH is 2. The zero-order valence-corrected chi connectivity index (χ0v) is 19.9. The molecule has 188 valence electrons. The first-order valence-electron chi connectivity index (χ1n) is 12.2. The van der Waals surface area contributed by atoms with E-state index in [1.54, 1.807) is 24.0 Å². The average Bonchev–Trinajstić information content (AvgIpc) is 3.32.